The van der Waals surface area contributed by atoms with E-state index in [1.54, 1.807) is 25.1 Å². The molecule has 0 radical (unpaired) electrons. The van der Waals surface area contributed by atoms with Crippen LogP contribution in [0.4, 0.5) is 11.4 Å². The number of hydrogen-bond acceptors (Lipinski definition) is 4. The van der Waals surface area contributed by atoms with Crippen LogP contribution < -0.4 is 21.1 Å². The number of amides is 2. The van der Waals surface area contributed by atoms with E-state index in [4.69, 9.17) is 10.5 Å². The molecule has 0 fully saturated rings. The van der Waals surface area contributed by atoms with Crippen molar-refractivity contribution in [1.29, 1.82) is 0 Å². The first-order chi connectivity index (χ1) is 8.97. The van der Waals surface area contributed by atoms with Crippen LogP contribution in [0.2, 0.25) is 0 Å². The van der Waals surface area contributed by atoms with Crippen molar-refractivity contribution in [3.63, 3.8) is 0 Å². The zero-order valence-corrected chi connectivity index (χ0v) is 11.3. The minimum absolute atomic E-state index is 0.206. The second-order valence-electron chi connectivity index (χ2n) is 4.22. The fourth-order valence-electron chi connectivity index (χ4n) is 1.42. The summed E-state index contributed by atoms with van der Waals surface area (Å²) >= 11 is 0. The quantitative estimate of drug-likeness (QED) is 0.745. The Labute approximate surface area is 112 Å². The molecule has 0 aliphatic heterocycles. The zero-order chi connectivity index (χ0) is 14.4. The molecule has 1 atom stereocenters. The maximum Gasteiger partial charge on any atom is 0.228 e. The number of carbonyl (C=O) groups is 2. The third-order valence-electron chi connectivity index (χ3n) is 2.60. The van der Waals surface area contributed by atoms with Crippen molar-refractivity contribution >= 4 is 23.2 Å². The molecule has 104 valence electrons. The van der Waals surface area contributed by atoms with Crippen LogP contribution in [0.25, 0.3) is 0 Å². The van der Waals surface area contributed by atoms with E-state index in [-0.39, 0.29) is 24.3 Å². The molecule has 0 saturated carbocycles. The summed E-state index contributed by atoms with van der Waals surface area (Å²) in [4.78, 5) is 23.0. The monoisotopic (exact) mass is 265 g/mol. The molecule has 0 aromatic heterocycles. The molecule has 4 N–H and O–H groups in total. The maximum atomic E-state index is 11.8. The van der Waals surface area contributed by atoms with E-state index >= 15 is 0 Å². The number of benzene rings is 1. The molecule has 0 aliphatic rings. The van der Waals surface area contributed by atoms with Crippen LogP contribution in [0, 0.1) is 5.92 Å². The predicted molar refractivity (Wildman–Crippen MR) is 74.1 cm³/mol. The molecule has 0 heterocycles. The molecule has 6 nitrogen and oxygen atoms in total. The van der Waals surface area contributed by atoms with E-state index in [2.05, 4.69) is 10.6 Å². The van der Waals surface area contributed by atoms with Gasteiger partial charge in [0.15, 0.2) is 0 Å². The van der Waals surface area contributed by atoms with Crippen molar-refractivity contribution < 1.29 is 14.3 Å². The summed E-state index contributed by atoms with van der Waals surface area (Å²) in [5.41, 5.74) is 6.45. The Hall–Kier alpha value is -2.08. The van der Waals surface area contributed by atoms with Gasteiger partial charge in [0.25, 0.3) is 0 Å². The Morgan fingerprint density at radius 2 is 2.00 bits per heavy atom. The summed E-state index contributed by atoms with van der Waals surface area (Å²) in [5, 5.41) is 5.37. The van der Waals surface area contributed by atoms with Crippen molar-refractivity contribution in [1.82, 2.24) is 0 Å². The van der Waals surface area contributed by atoms with Crippen LogP contribution >= 0.6 is 0 Å². The van der Waals surface area contributed by atoms with Gasteiger partial charge < -0.3 is 21.1 Å². The van der Waals surface area contributed by atoms with Crippen molar-refractivity contribution in [2.75, 3.05) is 24.3 Å². The van der Waals surface area contributed by atoms with Gasteiger partial charge in [-0.25, -0.2) is 0 Å². The lowest BCUT2D eigenvalue weighted by molar-refractivity contribution is -0.119. The Morgan fingerprint density at radius 3 is 2.53 bits per heavy atom. The third-order valence-corrected chi connectivity index (χ3v) is 2.60. The second kappa shape index (κ2) is 6.75. The van der Waals surface area contributed by atoms with Crippen LogP contribution in [-0.2, 0) is 9.59 Å². The van der Waals surface area contributed by atoms with Gasteiger partial charge in [-0.1, -0.05) is 6.92 Å². The van der Waals surface area contributed by atoms with Crippen LogP contribution in [-0.4, -0.2) is 25.5 Å². The number of anilines is 2. The highest BCUT2D eigenvalue weighted by molar-refractivity contribution is 5.99. The van der Waals surface area contributed by atoms with Gasteiger partial charge in [-0.05, 0) is 12.1 Å². The average Bonchev–Trinajstić information content (AvgIpc) is 2.39. The summed E-state index contributed by atoms with van der Waals surface area (Å²) in [7, 11) is 1.53. The van der Waals surface area contributed by atoms with Crippen molar-refractivity contribution in [2.45, 2.75) is 13.8 Å². The van der Waals surface area contributed by atoms with Gasteiger partial charge >= 0.3 is 0 Å². The number of methoxy groups -OCH3 is 1. The number of hydrogen-bond donors (Lipinski definition) is 3. The number of rotatable bonds is 5. The first-order valence-corrected chi connectivity index (χ1v) is 5.94. The van der Waals surface area contributed by atoms with Gasteiger partial charge in [0, 0.05) is 25.5 Å². The Morgan fingerprint density at radius 1 is 1.32 bits per heavy atom. The van der Waals surface area contributed by atoms with Gasteiger partial charge in [-0.2, -0.15) is 0 Å². The fraction of sp³-hybridized carbons (Fsp3) is 0.385. The SMILES string of the molecule is COc1ccc(NC(C)=O)c(NC(=O)C(C)CN)c1. The van der Waals surface area contributed by atoms with Gasteiger partial charge in [0.05, 0.1) is 18.5 Å². The molecule has 1 aromatic rings. The molecule has 1 rings (SSSR count). The third kappa shape index (κ3) is 4.26. The van der Waals surface area contributed by atoms with E-state index in [1.807, 2.05) is 0 Å². The molecule has 6 heteroatoms. The summed E-state index contributed by atoms with van der Waals surface area (Å²) in [6, 6.07) is 5.02. The predicted octanol–water partition coefficient (Wildman–Crippen LogP) is 1.19. The van der Waals surface area contributed by atoms with Gasteiger partial charge in [-0.15, -0.1) is 0 Å². The minimum atomic E-state index is -0.309. The van der Waals surface area contributed by atoms with E-state index in [0.29, 0.717) is 17.1 Å². The van der Waals surface area contributed by atoms with Crippen LogP contribution in [0.15, 0.2) is 18.2 Å². The molecular weight excluding hydrogens is 246 g/mol. The van der Waals surface area contributed by atoms with Gasteiger partial charge in [0.2, 0.25) is 11.8 Å². The Balaban J connectivity index is 3.00. The van der Waals surface area contributed by atoms with Crippen molar-refractivity contribution in [3.8, 4) is 5.75 Å². The summed E-state index contributed by atoms with van der Waals surface area (Å²) in [6.07, 6.45) is 0. The highest BCUT2D eigenvalue weighted by Crippen LogP contribution is 2.27. The van der Waals surface area contributed by atoms with E-state index in [9.17, 15) is 9.59 Å². The van der Waals surface area contributed by atoms with Crippen LogP contribution in [0.1, 0.15) is 13.8 Å². The molecule has 0 aliphatic carbocycles. The topological polar surface area (TPSA) is 93.5 Å². The molecule has 1 unspecified atom stereocenters. The fourth-order valence-corrected chi connectivity index (χ4v) is 1.42. The van der Waals surface area contributed by atoms with Crippen LogP contribution in [0.5, 0.6) is 5.75 Å². The summed E-state index contributed by atoms with van der Waals surface area (Å²) < 4.78 is 5.09. The van der Waals surface area contributed by atoms with E-state index in [1.165, 1.54) is 14.0 Å². The Bertz CT molecular complexity index is 474. The lowest BCUT2D eigenvalue weighted by atomic mass is 10.1. The Kier molecular flexibility index (Phi) is 5.32. The van der Waals surface area contributed by atoms with E-state index in [0.717, 1.165) is 0 Å². The number of nitrogens with one attached hydrogen (secondary N) is 2. The maximum absolute atomic E-state index is 11.8. The molecular formula is C13H19N3O3. The molecule has 19 heavy (non-hydrogen) atoms. The summed E-state index contributed by atoms with van der Waals surface area (Å²) in [5.74, 6) is -0.143. The summed E-state index contributed by atoms with van der Waals surface area (Å²) in [6.45, 7) is 3.39. The number of carbonyl (C=O) groups excluding carboxylic acids is 2. The zero-order valence-electron chi connectivity index (χ0n) is 11.3. The lowest BCUT2D eigenvalue weighted by Crippen LogP contribution is -2.27. The number of nitrogens with two attached hydrogens (primary N) is 1. The molecule has 0 bridgehead atoms. The lowest BCUT2D eigenvalue weighted by Gasteiger charge is -2.15. The molecule has 0 spiro atoms. The first kappa shape index (κ1) is 15.0. The molecule has 1 aromatic carbocycles. The first-order valence-electron chi connectivity index (χ1n) is 5.94. The normalized spacial score (nSPS) is 11.6. The highest BCUT2D eigenvalue weighted by Gasteiger charge is 2.14. The standard InChI is InChI=1S/C13H19N3O3/c1-8(7-14)13(18)16-12-6-10(19-3)4-5-11(12)15-9(2)17/h4-6,8H,7,14H2,1-3H3,(H,15,17)(H,16,18). The largest absolute Gasteiger partial charge is 0.497 e. The smallest absolute Gasteiger partial charge is 0.228 e. The average molecular weight is 265 g/mol. The van der Waals surface area contributed by atoms with Crippen molar-refractivity contribution in [3.05, 3.63) is 18.2 Å². The van der Waals surface area contributed by atoms with Crippen molar-refractivity contribution in [2.24, 2.45) is 11.7 Å². The second-order valence-corrected chi connectivity index (χ2v) is 4.22. The van der Waals surface area contributed by atoms with Gasteiger partial charge in [0.1, 0.15) is 5.75 Å². The molecule has 0 saturated heterocycles. The van der Waals surface area contributed by atoms with E-state index < -0.39 is 0 Å². The van der Waals surface area contributed by atoms with Gasteiger partial charge in [-0.3, -0.25) is 9.59 Å². The molecule has 2 amide bonds. The number of ether oxygens (including phenoxy) is 1. The minimum Gasteiger partial charge on any atom is -0.497 e. The van der Waals surface area contributed by atoms with Crippen LogP contribution in [0.3, 0.4) is 0 Å². The highest BCUT2D eigenvalue weighted by atomic mass is 16.5.